The molecule has 1 aliphatic carbocycles. The number of nitrogens with zero attached hydrogens (tertiary/aromatic N) is 2. The second-order valence-electron chi connectivity index (χ2n) is 5.50. The van der Waals surface area contributed by atoms with Gasteiger partial charge in [0, 0.05) is 11.4 Å². The summed E-state index contributed by atoms with van der Waals surface area (Å²) in [4.78, 5) is 8.95. The first-order valence-electron chi connectivity index (χ1n) is 7.16. The minimum Gasteiger partial charge on any atom is -0.370 e. The number of nitrogens with one attached hydrogen (secondary N) is 1. The third kappa shape index (κ3) is 4.49. The van der Waals surface area contributed by atoms with Crippen LogP contribution in [0.4, 0.5) is 0 Å². The first-order valence-corrected chi connectivity index (χ1v) is 8.04. The minimum absolute atomic E-state index is 0.478. The summed E-state index contributed by atoms with van der Waals surface area (Å²) in [6.07, 6.45) is 6.38. The number of hydrogen-bond donors (Lipinski definition) is 2. The predicted molar refractivity (Wildman–Crippen MR) is 81.5 cm³/mol. The second-order valence-corrected chi connectivity index (χ2v) is 6.44. The number of guanidine groups is 1. The highest BCUT2D eigenvalue weighted by Gasteiger charge is 2.13. The number of aliphatic imine (C=N–C) groups is 1. The Bertz CT molecular complexity index is 419. The molecule has 0 spiro atoms. The van der Waals surface area contributed by atoms with E-state index in [4.69, 9.17) is 5.73 Å². The zero-order valence-electron chi connectivity index (χ0n) is 11.9. The summed E-state index contributed by atoms with van der Waals surface area (Å²) in [5.74, 6) is 1.04. The lowest BCUT2D eigenvalue weighted by Crippen LogP contribution is -2.41. The van der Waals surface area contributed by atoms with Crippen molar-refractivity contribution in [2.75, 3.05) is 0 Å². The Kier molecular flexibility index (Phi) is 5.19. The Balaban J connectivity index is 1.82. The molecule has 0 bridgehead atoms. The molecular formula is C14H24N4S. The number of nitrogens with two attached hydrogens (primary N) is 1. The normalized spacial score (nSPS) is 17.9. The maximum atomic E-state index is 5.93. The highest BCUT2D eigenvalue weighted by molar-refractivity contribution is 7.09. The third-order valence-corrected chi connectivity index (χ3v) is 4.35. The van der Waals surface area contributed by atoms with Crippen LogP contribution in [0.3, 0.4) is 0 Å². The highest BCUT2D eigenvalue weighted by atomic mass is 32.1. The first-order chi connectivity index (χ1) is 9.15. The molecule has 4 nitrogen and oxygen atoms in total. The molecule has 1 aliphatic rings. The molecule has 0 unspecified atom stereocenters. The first kappa shape index (κ1) is 14.3. The van der Waals surface area contributed by atoms with Crippen LogP contribution < -0.4 is 11.1 Å². The van der Waals surface area contributed by atoms with Crippen molar-refractivity contribution in [3.05, 3.63) is 16.1 Å². The van der Waals surface area contributed by atoms with Crippen LogP contribution in [0.2, 0.25) is 0 Å². The van der Waals surface area contributed by atoms with Gasteiger partial charge in [0.2, 0.25) is 0 Å². The Labute approximate surface area is 119 Å². The van der Waals surface area contributed by atoms with E-state index in [-0.39, 0.29) is 0 Å². The average Bonchev–Trinajstić information content (AvgIpc) is 2.86. The zero-order valence-corrected chi connectivity index (χ0v) is 12.7. The fraction of sp³-hybridized carbons (Fsp3) is 0.714. The quantitative estimate of drug-likeness (QED) is 0.658. The summed E-state index contributed by atoms with van der Waals surface area (Å²) in [6, 6.07) is 0.514. The summed E-state index contributed by atoms with van der Waals surface area (Å²) in [6.45, 7) is 4.89. The van der Waals surface area contributed by atoms with Gasteiger partial charge in [-0.2, -0.15) is 0 Å². The fourth-order valence-electron chi connectivity index (χ4n) is 2.32. The van der Waals surface area contributed by atoms with Gasteiger partial charge in [0.15, 0.2) is 5.96 Å². The van der Waals surface area contributed by atoms with Crippen LogP contribution in [-0.2, 0) is 6.54 Å². The van der Waals surface area contributed by atoms with Gasteiger partial charge in [-0.15, -0.1) is 11.3 Å². The maximum absolute atomic E-state index is 5.93. The molecule has 0 aliphatic heterocycles. The summed E-state index contributed by atoms with van der Waals surface area (Å²) in [5, 5.41) is 6.47. The highest BCUT2D eigenvalue weighted by Crippen LogP contribution is 2.19. The average molecular weight is 280 g/mol. The van der Waals surface area contributed by atoms with E-state index in [0.29, 0.717) is 24.5 Å². The molecule has 0 aromatic carbocycles. The molecule has 1 aromatic rings. The summed E-state index contributed by atoms with van der Waals surface area (Å²) in [7, 11) is 0. The lowest BCUT2D eigenvalue weighted by atomic mass is 9.96. The summed E-state index contributed by atoms with van der Waals surface area (Å²) in [5.41, 5.74) is 7.08. The van der Waals surface area contributed by atoms with Gasteiger partial charge in [-0.25, -0.2) is 9.98 Å². The van der Waals surface area contributed by atoms with Crippen molar-refractivity contribution in [1.82, 2.24) is 10.3 Å². The molecule has 0 saturated heterocycles. The third-order valence-electron chi connectivity index (χ3n) is 3.50. The Morgan fingerprint density at radius 1 is 1.47 bits per heavy atom. The lowest BCUT2D eigenvalue weighted by molar-refractivity contribution is 0.412. The molecule has 1 aromatic heterocycles. The van der Waals surface area contributed by atoms with Crippen molar-refractivity contribution >= 4 is 17.3 Å². The van der Waals surface area contributed by atoms with E-state index in [1.165, 1.54) is 32.1 Å². The van der Waals surface area contributed by atoms with E-state index in [0.717, 1.165) is 10.7 Å². The van der Waals surface area contributed by atoms with Crippen molar-refractivity contribution in [2.45, 2.75) is 64.5 Å². The van der Waals surface area contributed by atoms with Crippen LogP contribution in [0.5, 0.6) is 0 Å². The van der Waals surface area contributed by atoms with Gasteiger partial charge in [-0.1, -0.05) is 33.1 Å². The molecule has 1 saturated carbocycles. The van der Waals surface area contributed by atoms with Crippen molar-refractivity contribution < 1.29 is 0 Å². The molecule has 5 heteroatoms. The molecule has 0 amide bonds. The maximum Gasteiger partial charge on any atom is 0.189 e. The van der Waals surface area contributed by atoms with Gasteiger partial charge in [0.25, 0.3) is 0 Å². The van der Waals surface area contributed by atoms with Crippen LogP contribution in [0.1, 0.15) is 62.6 Å². The lowest BCUT2D eigenvalue weighted by Gasteiger charge is -2.23. The molecule has 106 valence electrons. The van der Waals surface area contributed by atoms with Gasteiger partial charge in [-0.05, 0) is 18.8 Å². The number of aromatic nitrogens is 1. The van der Waals surface area contributed by atoms with Crippen LogP contribution in [0, 0.1) is 0 Å². The molecule has 1 fully saturated rings. The molecular weight excluding hydrogens is 256 g/mol. The SMILES string of the molecule is CC(C)c1csc(CN=C(N)NC2CCCCC2)n1. The van der Waals surface area contributed by atoms with Gasteiger partial charge in [0.05, 0.1) is 12.2 Å². The standard InChI is InChI=1S/C14H24N4S/c1-10(2)12-9-19-13(18-12)8-16-14(15)17-11-6-4-3-5-7-11/h9-11H,3-8H2,1-2H3,(H3,15,16,17). The fourth-order valence-corrected chi connectivity index (χ4v) is 3.20. The van der Waals surface area contributed by atoms with Crippen LogP contribution >= 0.6 is 11.3 Å². The molecule has 2 rings (SSSR count). The van der Waals surface area contributed by atoms with Gasteiger partial charge in [-0.3, -0.25) is 0 Å². The topological polar surface area (TPSA) is 63.3 Å². The van der Waals surface area contributed by atoms with Gasteiger partial charge < -0.3 is 11.1 Å². The minimum atomic E-state index is 0.478. The number of hydrogen-bond acceptors (Lipinski definition) is 3. The number of thiazole rings is 1. The van der Waals surface area contributed by atoms with Gasteiger partial charge in [0.1, 0.15) is 5.01 Å². The van der Waals surface area contributed by atoms with E-state index >= 15 is 0 Å². The molecule has 19 heavy (non-hydrogen) atoms. The Morgan fingerprint density at radius 3 is 2.84 bits per heavy atom. The number of rotatable bonds is 4. The molecule has 0 radical (unpaired) electrons. The van der Waals surface area contributed by atoms with Gasteiger partial charge >= 0.3 is 0 Å². The van der Waals surface area contributed by atoms with E-state index < -0.39 is 0 Å². The van der Waals surface area contributed by atoms with Crippen molar-refractivity contribution in [3.63, 3.8) is 0 Å². The monoisotopic (exact) mass is 280 g/mol. The van der Waals surface area contributed by atoms with E-state index in [2.05, 4.69) is 34.5 Å². The molecule has 1 heterocycles. The van der Waals surface area contributed by atoms with Crippen LogP contribution in [-0.4, -0.2) is 17.0 Å². The Hall–Kier alpha value is -1.10. The predicted octanol–water partition coefficient (Wildman–Crippen LogP) is 3.00. The summed E-state index contributed by atoms with van der Waals surface area (Å²) < 4.78 is 0. The molecule has 3 N–H and O–H groups in total. The van der Waals surface area contributed by atoms with Crippen molar-refractivity contribution in [3.8, 4) is 0 Å². The van der Waals surface area contributed by atoms with Crippen molar-refractivity contribution in [2.24, 2.45) is 10.7 Å². The Morgan fingerprint density at radius 2 is 2.21 bits per heavy atom. The molecule has 0 atom stereocenters. The van der Waals surface area contributed by atoms with E-state index in [1.807, 2.05) is 0 Å². The zero-order chi connectivity index (χ0) is 13.7. The van der Waals surface area contributed by atoms with Crippen LogP contribution in [0.15, 0.2) is 10.4 Å². The van der Waals surface area contributed by atoms with Crippen LogP contribution in [0.25, 0.3) is 0 Å². The largest absolute Gasteiger partial charge is 0.370 e. The second kappa shape index (κ2) is 6.89. The smallest absolute Gasteiger partial charge is 0.189 e. The van der Waals surface area contributed by atoms with Crippen molar-refractivity contribution in [1.29, 1.82) is 0 Å². The summed E-state index contributed by atoms with van der Waals surface area (Å²) >= 11 is 1.66. The van der Waals surface area contributed by atoms with E-state index in [1.54, 1.807) is 11.3 Å². The van der Waals surface area contributed by atoms with E-state index in [9.17, 15) is 0 Å².